The summed E-state index contributed by atoms with van der Waals surface area (Å²) in [6.07, 6.45) is 3.15. The lowest BCUT2D eigenvalue weighted by molar-refractivity contribution is 0.0696. The number of pyridine rings is 1. The molecule has 0 aliphatic carbocycles. The topological polar surface area (TPSA) is 77.2 Å². The Morgan fingerprint density at radius 3 is 2.79 bits per heavy atom. The maximum absolute atomic E-state index is 11.2. The smallest absolute Gasteiger partial charge is 0.335 e. The molecule has 3 aromatic rings. The number of carbonyl (C=O) groups is 1. The zero-order valence-corrected chi connectivity index (χ0v) is 13.8. The lowest BCUT2D eigenvalue weighted by atomic mass is 10.1. The van der Waals surface area contributed by atoms with Gasteiger partial charge in [-0.05, 0) is 36.8 Å². The van der Waals surface area contributed by atoms with Crippen molar-refractivity contribution in [3.63, 3.8) is 0 Å². The quantitative estimate of drug-likeness (QED) is 0.783. The Balaban J connectivity index is 2.16. The molecule has 0 aliphatic heterocycles. The Bertz CT molecular complexity index is 921. The van der Waals surface area contributed by atoms with E-state index < -0.39 is 5.97 Å². The number of hydrogen-bond donors (Lipinski definition) is 1. The zero-order chi connectivity index (χ0) is 17.3. The zero-order valence-electron chi connectivity index (χ0n) is 13.0. The molecule has 2 aromatic heterocycles. The van der Waals surface area contributed by atoms with Crippen molar-refractivity contribution < 1.29 is 14.6 Å². The number of aryl methyl sites for hydroxylation is 1. The van der Waals surface area contributed by atoms with E-state index in [0.717, 1.165) is 16.8 Å². The van der Waals surface area contributed by atoms with Crippen LogP contribution in [0.2, 0.25) is 5.02 Å². The summed E-state index contributed by atoms with van der Waals surface area (Å²) in [7, 11) is 1.55. The standard InChI is InChI=1S/C17H14ClN3O3/c1-10-9-20-21(15-8-12(17(22)23)5-6-19-15)16(10)11-3-4-13(18)14(7-11)24-2/h3-9H,1-2H3,(H,22,23). The molecule has 1 aromatic carbocycles. The van der Waals surface area contributed by atoms with Crippen LogP contribution in [0.5, 0.6) is 5.75 Å². The highest BCUT2D eigenvalue weighted by molar-refractivity contribution is 6.32. The van der Waals surface area contributed by atoms with E-state index in [9.17, 15) is 4.79 Å². The molecule has 1 N–H and O–H groups in total. The van der Waals surface area contributed by atoms with Crippen LogP contribution in [0.15, 0.2) is 42.7 Å². The molecule has 6 nitrogen and oxygen atoms in total. The summed E-state index contributed by atoms with van der Waals surface area (Å²) in [6.45, 7) is 1.92. The Labute approximate surface area is 143 Å². The van der Waals surface area contributed by atoms with Gasteiger partial charge in [-0.2, -0.15) is 5.10 Å². The summed E-state index contributed by atoms with van der Waals surface area (Å²) in [6, 6.07) is 8.32. The molecule has 24 heavy (non-hydrogen) atoms. The Hall–Kier alpha value is -2.86. The van der Waals surface area contributed by atoms with Crippen LogP contribution in [0.25, 0.3) is 17.1 Å². The minimum atomic E-state index is -1.02. The molecule has 7 heteroatoms. The highest BCUT2D eigenvalue weighted by Crippen LogP contribution is 2.32. The van der Waals surface area contributed by atoms with Crippen molar-refractivity contribution in [2.24, 2.45) is 0 Å². The summed E-state index contributed by atoms with van der Waals surface area (Å²) in [5.74, 6) is -0.0438. The van der Waals surface area contributed by atoms with Crippen molar-refractivity contribution in [1.29, 1.82) is 0 Å². The van der Waals surface area contributed by atoms with Gasteiger partial charge in [-0.15, -0.1) is 0 Å². The summed E-state index contributed by atoms with van der Waals surface area (Å²) < 4.78 is 6.87. The average Bonchev–Trinajstić information content (AvgIpc) is 2.97. The number of aromatic carboxylic acids is 1. The van der Waals surface area contributed by atoms with Crippen LogP contribution in [-0.4, -0.2) is 33.0 Å². The number of aromatic nitrogens is 3. The molecule has 0 atom stereocenters. The molecule has 122 valence electrons. The lowest BCUT2D eigenvalue weighted by Crippen LogP contribution is -2.05. The Kier molecular flexibility index (Phi) is 4.22. The van der Waals surface area contributed by atoms with Crippen molar-refractivity contribution in [1.82, 2.24) is 14.8 Å². The predicted molar refractivity (Wildman–Crippen MR) is 90.1 cm³/mol. The van der Waals surface area contributed by atoms with E-state index in [2.05, 4.69) is 10.1 Å². The Morgan fingerprint density at radius 2 is 2.08 bits per heavy atom. The first-order valence-electron chi connectivity index (χ1n) is 7.09. The first-order valence-corrected chi connectivity index (χ1v) is 7.47. The molecule has 2 heterocycles. The fourth-order valence-electron chi connectivity index (χ4n) is 2.43. The molecule has 0 bridgehead atoms. The van der Waals surface area contributed by atoms with Crippen LogP contribution in [0.4, 0.5) is 0 Å². The number of carboxylic acids is 1. The highest BCUT2D eigenvalue weighted by atomic mass is 35.5. The second-order valence-corrected chi connectivity index (χ2v) is 5.55. The third kappa shape index (κ3) is 2.83. The summed E-state index contributed by atoms with van der Waals surface area (Å²) in [4.78, 5) is 15.4. The minimum absolute atomic E-state index is 0.146. The van der Waals surface area contributed by atoms with Crippen LogP contribution in [0.3, 0.4) is 0 Å². The number of carboxylic acid groups (broad SMARTS) is 1. The third-order valence-electron chi connectivity index (χ3n) is 3.59. The van der Waals surface area contributed by atoms with Crippen molar-refractivity contribution >= 4 is 17.6 Å². The van der Waals surface area contributed by atoms with Gasteiger partial charge in [-0.25, -0.2) is 14.5 Å². The van der Waals surface area contributed by atoms with Crippen molar-refractivity contribution in [3.05, 3.63) is 58.9 Å². The SMILES string of the molecule is COc1cc(-c2c(C)cnn2-c2cc(C(=O)O)ccn2)ccc1Cl. The van der Waals surface area contributed by atoms with Gasteiger partial charge < -0.3 is 9.84 Å². The van der Waals surface area contributed by atoms with Gasteiger partial charge in [0.1, 0.15) is 5.75 Å². The number of nitrogens with zero attached hydrogens (tertiary/aromatic N) is 3. The average molecular weight is 344 g/mol. The van der Waals surface area contributed by atoms with Crippen LogP contribution >= 0.6 is 11.6 Å². The fourth-order valence-corrected chi connectivity index (χ4v) is 2.62. The van der Waals surface area contributed by atoms with Gasteiger partial charge in [0.2, 0.25) is 0 Å². The van der Waals surface area contributed by atoms with Gasteiger partial charge in [-0.3, -0.25) is 0 Å². The molecule has 0 saturated carbocycles. The number of hydrogen-bond acceptors (Lipinski definition) is 4. The van der Waals surface area contributed by atoms with Crippen molar-refractivity contribution in [3.8, 4) is 22.8 Å². The van der Waals surface area contributed by atoms with E-state index >= 15 is 0 Å². The molecule has 0 saturated heterocycles. The number of halogens is 1. The van der Waals surface area contributed by atoms with Crippen molar-refractivity contribution in [2.75, 3.05) is 7.11 Å². The molecule has 3 rings (SSSR count). The van der Waals surface area contributed by atoms with Crippen LogP contribution in [0.1, 0.15) is 15.9 Å². The minimum Gasteiger partial charge on any atom is -0.495 e. The summed E-state index contributed by atoms with van der Waals surface area (Å²) in [5.41, 5.74) is 2.70. The molecule has 0 amide bonds. The van der Waals surface area contributed by atoms with Crippen molar-refractivity contribution in [2.45, 2.75) is 6.92 Å². The highest BCUT2D eigenvalue weighted by Gasteiger charge is 2.15. The monoisotopic (exact) mass is 343 g/mol. The number of methoxy groups -OCH3 is 1. The van der Waals surface area contributed by atoms with Crippen LogP contribution < -0.4 is 4.74 Å². The third-order valence-corrected chi connectivity index (χ3v) is 3.90. The van der Waals surface area contributed by atoms with Gasteiger partial charge in [0, 0.05) is 11.8 Å². The van der Waals surface area contributed by atoms with Gasteiger partial charge in [0.05, 0.1) is 29.6 Å². The number of rotatable bonds is 4. The maximum Gasteiger partial charge on any atom is 0.335 e. The lowest BCUT2D eigenvalue weighted by Gasteiger charge is -2.11. The van der Waals surface area contributed by atoms with Gasteiger partial charge in [0.15, 0.2) is 5.82 Å². The first kappa shape index (κ1) is 16.0. The van der Waals surface area contributed by atoms with E-state index in [4.69, 9.17) is 21.4 Å². The van der Waals surface area contributed by atoms with Crippen LogP contribution in [0, 0.1) is 6.92 Å². The molecular formula is C17H14ClN3O3. The van der Waals surface area contributed by atoms with E-state index in [-0.39, 0.29) is 5.56 Å². The molecule has 0 aliphatic rings. The first-order chi connectivity index (χ1) is 11.5. The van der Waals surface area contributed by atoms with Crippen LogP contribution in [-0.2, 0) is 0 Å². The van der Waals surface area contributed by atoms with E-state index in [1.165, 1.54) is 18.3 Å². The van der Waals surface area contributed by atoms with E-state index in [0.29, 0.717) is 16.6 Å². The molecule has 0 radical (unpaired) electrons. The molecule has 0 unspecified atom stereocenters. The fraction of sp³-hybridized carbons (Fsp3) is 0.118. The summed E-state index contributed by atoms with van der Waals surface area (Å²) in [5, 5.41) is 14.0. The number of benzene rings is 1. The maximum atomic E-state index is 11.2. The molecular weight excluding hydrogens is 330 g/mol. The number of ether oxygens (including phenoxy) is 1. The largest absolute Gasteiger partial charge is 0.495 e. The Morgan fingerprint density at radius 1 is 1.29 bits per heavy atom. The summed E-state index contributed by atoms with van der Waals surface area (Å²) >= 11 is 6.08. The second kappa shape index (κ2) is 6.33. The normalized spacial score (nSPS) is 10.6. The molecule has 0 spiro atoms. The second-order valence-electron chi connectivity index (χ2n) is 5.15. The predicted octanol–water partition coefficient (Wildman–Crippen LogP) is 3.60. The van der Waals surface area contributed by atoms with Gasteiger partial charge in [-0.1, -0.05) is 17.7 Å². The molecule has 0 fully saturated rings. The van der Waals surface area contributed by atoms with E-state index in [1.807, 2.05) is 19.1 Å². The van der Waals surface area contributed by atoms with Gasteiger partial charge in [0.25, 0.3) is 0 Å². The van der Waals surface area contributed by atoms with Gasteiger partial charge >= 0.3 is 5.97 Å². The van der Waals surface area contributed by atoms with E-state index in [1.54, 1.807) is 24.1 Å².